The number of hydrogen-bond donors (Lipinski definition) is 2. The van der Waals surface area contributed by atoms with Gasteiger partial charge in [0.1, 0.15) is 5.82 Å². The predicted octanol–water partition coefficient (Wildman–Crippen LogP) is 4.60. The normalized spacial score (nSPS) is 12.3. The van der Waals surface area contributed by atoms with Crippen molar-refractivity contribution < 1.29 is 4.79 Å². The number of imidazole rings is 1. The highest BCUT2D eigenvalue weighted by Gasteiger charge is 2.12. The number of nitrogens with zero attached hydrogens (tertiary/aromatic N) is 1. The number of para-hydroxylation sites is 2. The maximum Gasteiger partial charge on any atom is 0.227 e. The lowest BCUT2D eigenvalue weighted by Gasteiger charge is -2.11. The number of benzene rings is 2. The lowest BCUT2D eigenvalue weighted by atomic mass is 10.1. The van der Waals surface area contributed by atoms with Gasteiger partial charge in [0, 0.05) is 17.2 Å². The van der Waals surface area contributed by atoms with E-state index in [1.165, 1.54) is 0 Å². The molecule has 2 aromatic carbocycles. The molecule has 0 bridgehead atoms. The summed E-state index contributed by atoms with van der Waals surface area (Å²) in [6.45, 7) is 4.05. The van der Waals surface area contributed by atoms with Crippen molar-refractivity contribution in [1.29, 1.82) is 0 Å². The largest absolute Gasteiger partial charge is 0.338 e. The lowest BCUT2D eigenvalue weighted by Crippen LogP contribution is -2.20. The van der Waals surface area contributed by atoms with Crippen molar-refractivity contribution in [1.82, 2.24) is 9.97 Å². The van der Waals surface area contributed by atoms with Crippen LogP contribution in [0.25, 0.3) is 22.4 Å². The van der Waals surface area contributed by atoms with E-state index in [1.54, 1.807) is 0 Å². The van der Waals surface area contributed by atoms with Crippen LogP contribution in [0.3, 0.4) is 0 Å². The molecule has 4 heteroatoms. The van der Waals surface area contributed by atoms with Crippen molar-refractivity contribution in [2.75, 3.05) is 5.32 Å². The minimum absolute atomic E-state index is 0.0371. The highest BCUT2D eigenvalue weighted by molar-refractivity contribution is 5.92. The second-order valence-corrected chi connectivity index (χ2v) is 5.86. The van der Waals surface area contributed by atoms with Gasteiger partial charge in [0.05, 0.1) is 11.0 Å². The van der Waals surface area contributed by atoms with E-state index in [2.05, 4.69) is 22.2 Å². The number of amides is 1. The summed E-state index contributed by atoms with van der Waals surface area (Å²) < 4.78 is 0. The van der Waals surface area contributed by atoms with Crippen LogP contribution >= 0.6 is 0 Å². The predicted molar refractivity (Wildman–Crippen MR) is 94.2 cm³/mol. The monoisotopic (exact) mass is 307 g/mol. The van der Waals surface area contributed by atoms with Gasteiger partial charge in [-0.15, -0.1) is 0 Å². The summed E-state index contributed by atoms with van der Waals surface area (Å²) in [5, 5.41) is 2.96. The fourth-order valence-electron chi connectivity index (χ4n) is 2.63. The summed E-state index contributed by atoms with van der Waals surface area (Å²) in [7, 11) is 0. The third kappa shape index (κ3) is 3.42. The molecule has 0 spiro atoms. The lowest BCUT2D eigenvalue weighted by molar-refractivity contribution is -0.119. The van der Waals surface area contributed by atoms with E-state index < -0.39 is 0 Å². The van der Waals surface area contributed by atoms with Gasteiger partial charge in [0.25, 0.3) is 0 Å². The first kappa shape index (κ1) is 15.3. The van der Waals surface area contributed by atoms with Crippen molar-refractivity contribution in [3.63, 3.8) is 0 Å². The number of nitrogens with one attached hydrogen (secondary N) is 2. The number of fused-ring (bicyclic) bond motifs is 1. The minimum Gasteiger partial charge on any atom is -0.338 e. The molecule has 0 aliphatic rings. The van der Waals surface area contributed by atoms with E-state index in [0.29, 0.717) is 0 Å². The Kier molecular flexibility index (Phi) is 4.42. The number of anilines is 1. The molecule has 0 unspecified atom stereocenters. The van der Waals surface area contributed by atoms with Crippen LogP contribution < -0.4 is 5.32 Å². The molecule has 4 nitrogen and oxygen atoms in total. The molecule has 0 saturated heterocycles. The standard InChI is InChI=1S/C19H21N3O/c1-3-6-13(2)19(23)20-15-11-9-14(10-12-15)18-21-16-7-4-5-8-17(16)22-18/h4-5,7-13H,3,6H2,1-2H3,(H,20,23)(H,21,22)/t13-/m0/s1. The average molecular weight is 307 g/mol. The quantitative estimate of drug-likeness (QED) is 0.723. The first-order valence-electron chi connectivity index (χ1n) is 8.03. The van der Waals surface area contributed by atoms with Gasteiger partial charge in [0.15, 0.2) is 0 Å². The van der Waals surface area contributed by atoms with E-state index in [4.69, 9.17) is 0 Å². The maximum absolute atomic E-state index is 12.0. The number of aromatic amines is 1. The number of hydrogen-bond acceptors (Lipinski definition) is 2. The second-order valence-electron chi connectivity index (χ2n) is 5.86. The van der Waals surface area contributed by atoms with Crippen LogP contribution in [0.15, 0.2) is 48.5 Å². The Balaban J connectivity index is 1.75. The summed E-state index contributed by atoms with van der Waals surface area (Å²) in [5.41, 5.74) is 3.79. The van der Waals surface area contributed by atoms with Crippen molar-refractivity contribution in [2.24, 2.45) is 5.92 Å². The Morgan fingerprint density at radius 1 is 1.17 bits per heavy atom. The molecule has 23 heavy (non-hydrogen) atoms. The molecule has 3 rings (SSSR count). The molecule has 0 aliphatic carbocycles. The van der Waals surface area contributed by atoms with Crippen LogP contribution in [0.4, 0.5) is 5.69 Å². The van der Waals surface area contributed by atoms with Gasteiger partial charge < -0.3 is 10.3 Å². The summed E-state index contributed by atoms with van der Waals surface area (Å²) in [6, 6.07) is 15.7. The molecular weight excluding hydrogens is 286 g/mol. The fraction of sp³-hybridized carbons (Fsp3) is 0.263. The Morgan fingerprint density at radius 2 is 1.91 bits per heavy atom. The molecule has 1 atom stereocenters. The molecule has 0 aliphatic heterocycles. The minimum atomic E-state index is 0.0371. The van der Waals surface area contributed by atoms with Crippen molar-refractivity contribution in [2.45, 2.75) is 26.7 Å². The zero-order chi connectivity index (χ0) is 16.2. The number of carbonyl (C=O) groups excluding carboxylic acids is 1. The SMILES string of the molecule is CCC[C@H](C)C(=O)Nc1ccc(-c2nc3ccccc3[nH]2)cc1. The van der Waals surface area contributed by atoms with Gasteiger partial charge in [-0.05, 0) is 42.8 Å². The highest BCUT2D eigenvalue weighted by atomic mass is 16.1. The fourth-order valence-corrected chi connectivity index (χ4v) is 2.63. The van der Waals surface area contributed by atoms with Crippen molar-refractivity contribution >= 4 is 22.6 Å². The molecule has 1 amide bonds. The molecule has 0 radical (unpaired) electrons. The number of rotatable bonds is 5. The third-order valence-corrected chi connectivity index (χ3v) is 3.98. The molecule has 1 aromatic heterocycles. The van der Waals surface area contributed by atoms with E-state index in [9.17, 15) is 4.79 Å². The zero-order valence-corrected chi connectivity index (χ0v) is 13.5. The van der Waals surface area contributed by atoms with Gasteiger partial charge in [-0.1, -0.05) is 32.4 Å². The smallest absolute Gasteiger partial charge is 0.227 e. The zero-order valence-electron chi connectivity index (χ0n) is 13.5. The topological polar surface area (TPSA) is 57.8 Å². The van der Waals surface area contributed by atoms with Gasteiger partial charge in [-0.2, -0.15) is 0 Å². The Bertz CT molecular complexity index is 772. The Hall–Kier alpha value is -2.62. The van der Waals surface area contributed by atoms with E-state index >= 15 is 0 Å². The van der Waals surface area contributed by atoms with E-state index in [1.807, 2.05) is 55.5 Å². The highest BCUT2D eigenvalue weighted by Crippen LogP contribution is 2.22. The number of carbonyl (C=O) groups is 1. The molecule has 0 saturated carbocycles. The molecule has 0 fully saturated rings. The first-order chi connectivity index (χ1) is 11.2. The van der Waals surface area contributed by atoms with Crippen molar-refractivity contribution in [3.05, 3.63) is 48.5 Å². The van der Waals surface area contributed by atoms with Crippen LogP contribution in [-0.4, -0.2) is 15.9 Å². The number of aromatic nitrogens is 2. The second kappa shape index (κ2) is 6.65. The van der Waals surface area contributed by atoms with Crippen LogP contribution in [0.5, 0.6) is 0 Å². The molecular formula is C19H21N3O. The van der Waals surface area contributed by atoms with Gasteiger partial charge in [-0.25, -0.2) is 4.98 Å². The van der Waals surface area contributed by atoms with Crippen LogP contribution in [0, 0.1) is 5.92 Å². The van der Waals surface area contributed by atoms with Gasteiger partial charge in [-0.3, -0.25) is 4.79 Å². The van der Waals surface area contributed by atoms with E-state index in [0.717, 1.165) is 41.0 Å². The summed E-state index contributed by atoms with van der Waals surface area (Å²) >= 11 is 0. The van der Waals surface area contributed by atoms with E-state index in [-0.39, 0.29) is 11.8 Å². The van der Waals surface area contributed by atoms with Crippen molar-refractivity contribution in [3.8, 4) is 11.4 Å². The van der Waals surface area contributed by atoms with Crippen LogP contribution in [0.2, 0.25) is 0 Å². The molecule has 118 valence electrons. The molecule has 1 heterocycles. The van der Waals surface area contributed by atoms with Crippen LogP contribution in [-0.2, 0) is 4.79 Å². The summed E-state index contributed by atoms with van der Waals surface area (Å²) in [6.07, 6.45) is 1.92. The Morgan fingerprint density at radius 3 is 2.61 bits per heavy atom. The van der Waals surface area contributed by atoms with Gasteiger partial charge in [0.2, 0.25) is 5.91 Å². The third-order valence-electron chi connectivity index (χ3n) is 3.98. The average Bonchev–Trinajstić information content (AvgIpc) is 2.99. The van der Waals surface area contributed by atoms with Gasteiger partial charge >= 0.3 is 0 Å². The molecule has 2 N–H and O–H groups in total. The van der Waals surface area contributed by atoms with Crippen LogP contribution in [0.1, 0.15) is 26.7 Å². The molecule has 3 aromatic rings. The number of H-pyrrole nitrogens is 1. The first-order valence-corrected chi connectivity index (χ1v) is 8.03. The Labute approximate surface area is 136 Å². The maximum atomic E-state index is 12.0. The summed E-state index contributed by atoms with van der Waals surface area (Å²) in [4.78, 5) is 19.9. The summed E-state index contributed by atoms with van der Waals surface area (Å²) in [5.74, 6) is 0.946.